The Morgan fingerprint density at radius 2 is 2.64 bits per heavy atom. The summed E-state index contributed by atoms with van der Waals surface area (Å²) in [6, 6.07) is 2.00. The predicted molar refractivity (Wildman–Crippen MR) is 37.8 cm³/mol. The van der Waals surface area contributed by atoms with Crippen molar-refractivity contribution < 1.29 is 9.47 Å². The van der Waals surface area contributed by atoms with Gasteiger partial charge in [-0.05, 0) is 0 Å². The smallest absolute Gasteiger partial charge is 0.171 e. The van der Waals surface area contributed by atoms with Gasteiger partial charge >= 0.3 is 0 Å². The Bertz CT molecular complexity index is 138. The molecular formula is C7H11N2O2. The van der Waals surface area contributed by atoms with Crippen LogP contribution in [0.1, 0.15) is 6.42 Å². The lowest BCUT2D eigenvalue weighted by atomic mass is 10.5. The molecule has 11 heavy (non-hydrogen) atoms. The highest BCUT2D eigenvalue weighted by Gasteiger charge is 2.13. The summed E-state index contributed by atoms with van der Waals surface area (Å²) in [6.45, 7) is 2.44. The van der Waals surface area contributed by atoms with Crippen molar-refractivity contribution in [3.8, 4) is 6.07 Å². The summed E-state index contributed by atoms with van der Waals surface area (Å²) in [4.78, 5) is 0. The lowest BCUT2D eigenvalue weighted by molar-refractivity contribution is -0.152. The second-order valence-electron chi connectivity index (χ2n) is 2.21. The maximum absolute atomic E-state index is 8.20. The minimum atomic E-state index is -0.211. The molecular weight excluding hydrogens is 144 g/mol. The van der Waals surface area contributed by atoms with E-state index < -0.39 is 0 Å². The van der Waals surface area contributed by atoms with Crippen LogP contribution >= 0.6 is 0 Å². The summed E-state index contributed by atoms with van der Waals surface area (Å²) in [7, 11) is 0. The molecule has 1 unspecified atom stereocenters. The molecule has 61 valence electrons. The van der Waals surface area contributed by atoms with Gasteiger partial charge in [-0.3, -0.25) is 0 Å². The fourth-order valence-corrected chi connectivity index (χ4v) is 0.835. The Kier molecular flexibility index (Phi) is 3.91. The molecule has 1 radical (unpaired) electrons. The van der Waals surface area contributed by atoms with Crippen molar-refractivity contribution in [3.63, 3.8) is 0 Å². The fourth-order valence-electron chi connectivity index (χ4n) is 0.835. The van der Waals surface area contributed by atoms with Crippen molar-refractivity contribution in [1.29, 1.82) is 5.26 Å². The zero-order valence-corrected chi connectivity index (χ0v) is 6.32. The van der Waals surface area contributed by atoms with E-state index in [1.165, 1.54) is 0 Å². The third-order valence-electron chi connectivity index (χ3n) is 1.35. The number of nitriles is 1. The van der Waals surface area contributed by atoms with Crippen molar-refractivity contribution in [1.82, 2.24) is 5.32 Å². The zero-order chi connectivity index (χ0) is 7.94. The van der Waals surface area contributed by atoms with Crippen molar-refractivity contribution >= 4 is 0 Å². The topological polar surface area (TPSA) is 56.3 Å². The first kappa shape index (κ1) is 8.47. The summed E-state index contributed by atoms with van der Waals surface area (Å²) >= 11 is 0. The molecule has 1 atom stereocenters. The molecule has 0 aromatic heterocycles. The van der Waals surface area contributed by atoms with Gasteiger partial charge in [0.05, 0.1) is 32.2 Å². The van der Waals surface area contributed by atoms with E-state index in [0.29, 0.717) is 26.2 Å². The third-order valence-corrected chi connectivity index (χ3v) is 1.35. The second kappa shape index (κ2) is 5.08. The van der Waals surface area contributed by atoms with Crippen LogP contribution in [0.15, 0.2) is 0 Å². The fraction of sp³-hybridized carbons (Fsp3) is 0.857. The van der Waals surface area contributed by atoms with Crippen LogP contribution in [0, 0.1) is 11.3 Å². The molecule has 1 saturated heterocycles. The number of ether oxygens (including phenoxy) is 2. The van der Waals surface area contributed by atoms with E-state index in [4.69, 9.17) is 14.7 Å². The molecule has 4 heteroatoms. The first-order chi connectivity index (χ1) is 5.43. The van der Waals surface area contributed by atoms with E-state index in [1.54, 1.807) is 0 Å². The van der Waals surface area contributed by atoms with E-state index >= 15 is 0 Å². The van der Waals surface area contributed by atoms with Crippen LogP contribution in [0.5, 0.6) is 0 Å². The number of hydrogen-bond acceptors (Lipinski definition) is 3. The largest absolute Gasteiger partial charge is 0.350 e. The number of hydrogen-bond donors (Lipinski definition) is 0. The van der Waals surface area contributed by atoms with E-state index in [1.807, 2.05) is 6.07 Å². The van der Waals surface area contributed by atoms with Gasteiger partial charge in [0.2, 0.25) is 0 Å². The van der Waals surface area contributed by atoms with Gasteiger partial charge in [0.25, 0.3) is 0 Å². The molecule has 0 amide bonds. The van der Waals surface area contributed by atoms with E-state index in [2.05, 4.69) is 5.32 Å². The highest BCUT2D eigenvalue weighted by molar-refractivity contribution is 4.68. The van der Waals surface area contributed by atoms with Gasteiger partial charge in [-0.2, -0.15) is 5.26 Å². The zero-order valence-electron chi connectivity index (χ0n) is 6.32. The Labute approximate surface area is 66.1 Å². The maximum atomic E-state index is 8.20. The van der Waals surface area contributed by atoms with Gasteiger partial charge in [0.15, 0.2) is 6.29 Å². The average Bonchev–Trinajstić information content (AvgIpc) is 2.07. The van der Waals surface area contributed by atoms with Crippen LogP contribution in [0.3, 0.4) is 0 Å². The van der Waals surface area contributed by atoms with Gasteiger partial charge in [-0.15, -0.1) is 0 Å². The minimum absolute atomic E-state index is 0.211. The number of rotatable bonds is 3. The van der Waals surface area contributed by atoms with Crippen LogP contribution in [0.2, 0.25) is 0 Å². The van der Waals surface area contributed by atoms with Crippen molar-refractivity contribution in [2.24, 2.45) is 0 Å². The SMILES string of the molecule is N#CCCOC1C[N]CCO1. The lowest BCUT2D eigenvalue weighted by Gasteiger charge is -2.21. The molecule has 0 aromatic carbocycles. The third kappa shape index (κ3) is 3.33. The molecule has 1 aliphatic rings. The van der Waals surface area contributed by atoms with Crippen LogP contribution in [0.25, 0.3) is 0 Å². The Morgan fingerprint density at radius 1 is 1.73 bits per heavy atom. The van der Waals surface area contributed by atoms with Crippen LogP contribution < -0.4 is 5.32 Å². The van der Waals surface area contributed by atoms with E-state index in [-0.39, 0.29) is 6.29 Å². The van der Waals surface area contributed by atoms with Crippen molar-refractivity contribution in [2.45, 2.75) is 12.7 Å². The minimum Gasteiger partial charge on any atom is -0.350 e. The molecule has 0 bridgehead atoms. The van der Waals surface area contributed by atoms with E-state index in [0.717, 1.165) is 6.54 Å². The summed E-state index contributed by atoms with van der Waals surface area (Å²) in [5.74, 6) is 0. The number of nitrogens with zero attached hydrogens (tertiary/aromatic N) is 2. The van der Waals surface area contributed by atoms with Crippen LogP contribution in [-0.4, -0.2) is 32.6 Å². The molecule has 0 aliphatic carbocycles. The maximum Gasteiger partial charge on any atom is 0.171 e. The molecule has 0 aromatic rings. The molecule has 4 nitrogen and oxygen atoms in total. The number of morpholine rings is 1. The standard InChI is InChI=1S/C7H11N2O2/c8-2-1-4-10-7-6-9-3-5-11-7/h7H,1,3-6H2. The van der Waals surface area contributed by atoms with Crippen molar-refractivity contribution in [2.75, 3.05) is 26.3 Å². The molecule has 0 saturated carbocycles. The highest BCUT2D eigenvalue weighted by Crippen LogP contribution is 1.99. The molecule has 1 aliphatic heterocycles. The van der Waals surface area contributed by atoms with Gasteiger partial charge < -0.3 is 9.47 Å². The summed E-state index contributed by atoms with van der Waals surface area (Å²) in [5.41, 5.74) is 0. The first-order valence-corrected chi connectivity index (χ1v) is 3.67. The molecule has 0 spiro atoms. The normalized spacial score (nSPS) is 24.5. The first-order valence-electron chi connectivity index (χ1n) is 3.67. The highest BCUT2D eigenvalue weighted by atomic mass is 16.7. The molecule has 1 fully saturated rings. The lowest BCUT2D eigenvalue weighted by Crippen LogP contribution is -2.36. The average molecular weight is 155 g/mol. The van der Waals surface area contributed by atoms with Gasteiger partial charge in [0, 0.05) is 6.54 Å². The quantitative estimate of drug-likeness (QED) is 0.534. The molecule has 0 N–H and O–H groups in total. The Balaban J connectivity index is 2.01. The van der Waals surface area contributed by atoms with E-state index in [9.17, 15) is 0 Å². The Hall–Kier alpha value is -0.630. The second-order valence-corrected chi connectivity index (χ2v) is 2.21. The molecule has 1 rings (SSSR count). The van der Waals surface area contributed by atoms with Gasteiger partial charge in [-0.25, -0.2) is 5.32 Å². The summed E-state index contributed by atoms with van der Waals surface area (Å²) in [6.07, 6.45) is 0.206. The van der Waals surface area contributed by atoms with Crippen LogP contribution in [-0.2, 0) is 9.47 Å². The molecule has 1 heterocycles. The summed E-state index contributed by atoms with van der Waals surface area (Å²) < 4.78 is 10.4. The summed E-state index contributed by atoms with van der Waals surface area (Å²) in [5, 5.41) is 12.3. The van der Waals surface area contributed by atoms with Crippen molar-refractivity contribution in [3.05, 3.63) is 0 Å². The Morgan fingerprint density at radius 3 is 3.27 bits per heavy atom. The van der Waals surface area contributed by atoms with Crippen LogP contribution in [0.4, 0.5) is 0 Å². The van der Waals surface area contributed by atoms with Gasteiger partial charge in [-0.1, -0.05) is 0 Å². The predicted octanol–water partition coefficient (Wildman–Crippen LogP) is -0.123. The monoisotopic (exact) mass is 155 g/mol. The van der Waals surface area contributed by atoms with Gasteiger partial charge in [0.1, 0.15) is 0 Å².